The summed E-state index contributed by atoms with van der Waals surface area (Å²) in [6.07, 6.45) is -2.21. The number of anilines is 2. The number of ether oxygens (including phenoxy) is 1. The van der Waals surface area contributed by atoms with E-state index < -0.39 is 41.2 Å². The summed E-state index contributed by atoms with van der Waals surface area (Å²) >= 11 is 0. The van der Waals surface area contributed by atoms with Crippen LogP contribution in [0.15, 0.2) is 6.33 Å². The number of fused-ring (bicyclic) bond motifs is 1. The molecule has 2 aromatic rings. The first-order valence-electron chi connectivity index (χ1n) is 12.6. The molecule has 36 heavy (non-hydrogen) atoms. The van der Waals surface area contributed by atoms with Gasteiger partial charge in [-0.05, 0) is 36.3 Å². The standard InChI is InChI=1S/C24H45FN6O3Si2/c1-23(2,3)35(9,10)32-13-15-18(34-36(11,12)24(4,5)6)16(25)21(33-15)31-14-27-17-19(30(7)8)28-22(26)29-20(17)31/h14-16,18,21H,13H2,1-12H3,(H2,26,28,29)/t15-,16+,18?,21-/m1/s1. The summed E-state index contributed by atoms with van der Waals surface area (Å²) in [4.78, 5) is 15.0. The Hall–Kier alpha value is -1.61. The molecule has 3 rings (SSSR count). The number of alkyl halides is 1. The summed E-state index contributed by atoms with van der Waals surface area (Å²) in [7, 11) is -0.697. The van der Waals surface area contributed by atoms with Crippen LogP contribution in [0, 0.1) is 0 Å². The highest BCUT2D eigenvalue weighted by molar-refractivity contribution is 6.74. The second kappa shape index (κ2) is 9.61. The van der Waals surface area contributed by atoms with Crippen LogP contribution in [0.2, 0.25) is 36.3 Å². The van der Waals surface area contributed by atoms with E-state index in [4.69, 9.17) is 19.3 Å². The van der Waals surface area contributed by atoms with Crippen LogP contribution in [-0.2, 0) is 13.6 Å². The van der Waals surface area contributed by atoms with E-state index in [0.717, 1.165) is 0 Å². The summed E-state index contributed by atoms with van der Waals surface area (Å²) in [6.45, 7) is 21.9. The van der Waals surface area contributed by atoms with Crippen molar-refractivity contribution in [3.63, 3.8) is 0 Å². The first kappa shape index (κ1) is 29.0. The topological polar surface area (TPSA) is 101 Å². The van der Waals surface area contributed by atoms with Crippen molar-refractivity contribution in [3.8, 4) is 0 Å². The van der Waals surface area contributed by atoms with Crippen LogP contribution in [0.4, 0.5) is 16.2 Å². The van der Waals surface area contributed by atoms with Gasteiger partial charge in [0.05, 0.1) is 12.9 Å². The third-order valence-electron chi connectivity index (χ3n) is 8.04. The van der Waals surface area contributed by atoms with E-state index in [9.17, 15) is 0 Å². The Kier molecular flexibility index (Phi) is 7.73. The molecule has 1 aliphatic rings. The van der Waals surface area contributed by atoms with Crippen molar-refractivity contribution in [2.24, 2.45) is 0 Å². The van der Waals surface area contributed by atoms with Crippen LogP contribution in [0.5, 0.6) is 0 Å². The van der Waals surface area contributed by atoms with Gasteiger partial charge < -0.3 is 24.2 Å². The monoisotopic (exact) mass is 540 g/mol. The van der Waals surface area contributed by atoms with Crippen molar-refractivity contribution in [1.29, 1.82) is 0 Å². The maximum atomic E-state index is 16.3. The molecule has 0 aliphatic carbocycles. The molecule has 1 unspecified atom stereocenters. The molecule has 0 amide bonds. The number of hydrogen-bond acceptors (Lipinski definition) is 8. The SMILES string of the molecule is CN(C)c1nc(N)nc2c1ncn2[C@@H]1O[C@H](CO[Si](C)(C)C(C)(C)C)C(O[Si](C)(C)C(C)(C)C)[C@@H]1F. The molecule has 12 heteroatoms. The molecule has 3 heterocycles. The average Bonchev–Trinajstić information content (AvgIpc) is 3.25. The van der Waals surface area contributed by atoms with Gasteiger partial charge in [0.1, 0.15) is 12.2 Å². The zero-order valence-electron chi connectivity index (χ0n) is 24.0. The molecule has 0 radical (unpaired) electrons. The number of halogens is 1. The maximum absolute atomic E-state index is 16.3. The third-order valence-corrected chi connectivity index (χ3v) is 17.0. The van der Waals surface area contributed by atoms with Crippen LogP contribution >= 0.6 is 0 Å². The van der Waals surface area contributed by atoms with Gasteiger partial charge in [-0.25, -0.2) is 9.37 Å². The largest absolute Gasteiger partial charge is 0.414 e. The Morgan fingerprint density at radius 1 is 1.06 bits per heavy atom. The number of imidazole rings is 1. The molecule has 0 spiro atoms. The number of aromatic nitrogens is 4. The van der Waals surface area contributed by atoms with Crippen molar-refractivity contribution in [1.82, 2.24) is 19.5 Å². The molecule has 2 N–H and O–H groups in total. The van der Waals surface area contributed by atoms with E-state index in [0.29, 0.717) is 17.0 Å². The van der Waals surface area contributed by atoms with E-state index >= 15 is 4.39 Å². The van der Waals surface area contributed by atoms with Crippen LogP contribution in [0.3, 0.4) is 0 Å². The van der Waals surface area contributed by atoms with Crippen molar-refractivity contribution in [3.05, 3.63) is 6.33 Å². The highest BCUT2D eigenvalue weighted by Crippen LogP contribution is 2.44. The number of nitrogen functional groups attached to an aromatic ring is 1. The molecule has 4 atom stereocenters. The van der Waals surface area contributed by atoms with Gasteiger partial charge in [-0.2, -0.15) is 9.97 Å². The predicted molar refractivity (Wildman–Crippen MR) is 148 cm³/mol. The number of rotatable bonds is 7. The van der Waals surface area contributed by atoms with Crippen LogP contribution in [0.25, 0.3) is 11.2 Å². The molecule has 1 aliphatic heterocycles. The molecule has 0 bridgehead atoms. The third kappa shape index (κ3) is 5.47. The molecule has 204 valence electrons. The summed E-state index contributed by atoms with van der Waals surface area (Å²) in [5, 5.41) is -0.0624. The normalized spacial score (nSPS) is 24.0. The van der Waals surface area contributed by atoms with Gasteiger partial charge in [-0.1, -0.05) is 41.5 Å². The van der Waals surface area contributed by atoms with Gasteiger partial charge in [0.25, 0.3) is 0 Å². The second-order valence-corrected chi connectivity index (χ2v) is 22.6. The lowest BCUT2D eigenvalue weighted by atomic mass is 10.1. The average molecular weight is 541 g/mol. The highest BCUT2D eigenvalue weighted by Gasteiger charge is 2.52. The van der Waals surface area contributed by atoms with E-state index in [1.165, 1.54) is 0 Å². The zero-order chi connectivity index (χ0) is 27.4. The fourth-order valence-electron chi connectivity index (χ4n) is 3.63. The number of hydrogen-bond donors (Lipinski definition) is 1. The van der Waals surface area contributed by atoms with Gasteiger partial charge in [-0.3, -0.25) is 4.57 Å². The first-order chi connectivity index (χ1) is 16.3. The second-order valence-electron chi connectivity index (χ2n) is 13.0. The molecule has 1 fully saturated rings. The van der Waals surface area contributed by atoms with Crippen molar-refractivity contribution in [2.75, 3.05) is 31.3 Å². The van der Waals surface area contributed by atoms with E-state index in [-0.39, 0.29) is 22.6 Å². The van der Waals surface area contributed by atoms with Gasteiger partial charge in [0, 0.05) is 14.1 Å². The summed E-state index contributed by atoms with van der Waals surface area (Å²) in [6, 6.07) is 0. The fourth-order valence-corrected chi connectivity index (χ4v) is 5.96. The lowest BCUT2D eigenvalue weighted by Gasteiger charge is -2.40. The number of nitrogens with zero attached hydrogens (tertiary/aromatic N) is 5. The lowest BCUT2D eigenvalue weighted by Crippen LogP contribution is -2.50. The minimum absolute atomic E-state index is 0.0213. The molecule has 0 saturated carbocycles. The Morgan fingerprint density at radius 2 is 1.64 bits per heavy atom. The summed E-state index contributed by atoms with van der Waals surface area (Å²) < 4.78 is 37.4. The van der Waals surface area contributed by atoms with Crippen LogP contribution < -0.4 is 10.6 Å². The van der Waals surface area contributed by atoms with Gasteiger partial charge in [-0.15, -0.1) is 0 Å². The number of nitrogens with two attached hydrogens (primary N) is 1. The first-order valence-corrected chi connectivity index (χ1v) is 18.4. The minimum Gasteiger partial charge on any atom is -0.414 e. The van der Waals surface area contributed by atoms with E-state index in [1.54, 1.807) is 15.8 Å². The molecular formula is C24H45FN6O3Si2. The van der Waals surface area contributed by atoms with Crippen molar-refractivity contribution < 1.29 is 18.0 Å². The molecule has 9 nitrogen and oxygen atoms in total. The Balaban J connectivity index is 2.00. The van der Waals surface area contributed by atoms with Gasteiger partial charge in [0.15, 0.2) is 46.0 Å². The van der Waals surface area contributed by atoms with Crippen LogP contribution in [-0.4, -0.2) is 75.2 Å². The minimum atomic E-state index is -2.31. The lowest BCUT2D eigenvalue weighted by molar-refractivity contribution is -0.0421. The molecular weight excluding hydrogens is 495 g/mol. The Labute approximate surface area is 217 Å². The van der Waals surface area contributed by atoms with Crippen molar-refractivity contribution >= 4 is 39.6 Å². The Bertz CT molecular complexity index is 1080. The zero-order valence-corrected chi connectivity index (χ0v) is 26.0. The van der Waals surface area contributed by atoms with Crippen molar-refractivity contribution in [2.45, 2.75) is 102 Å². The Morgan fingerprint density at radius 3 is 2.17 bits per heavy atom. The maximum Gasteiger partial charge on any atom is 0.224 e. The van der Waals surface area contributed by atoms with E-state index in [2.05, 4.69) is 82.7 Å². The highest BCUT2D eigenvalue weighted by atomic mass is 28.4. The summed E-state index contributed by atoms with van der Waals surface area (Å²) in [5.41, 5.74) is 6.95. The van der Waals surface area contributed by atoms with Gasteiger partial charge >= 0.3 is 0 Å². The van der Waals surface area contributed by atoms with Crippen LogP contribution in [0.1, 0.15) is 47.8 Å². The molecule has 2 aromatic heterocycles. The predicted octanol–water partition coefficient (Wildman–Crippen LogP) is 5.12. The van der Waals surface area contributed by atoms with E-state index in [1.807, 2.05) is 14.1 Å². The molecule has 1 saturated heterocycles. The fraction of sp³-hybridized carbons (Fsp3) is 0.792. The smallest absolute Gasteiger partial charge is 0.224 e. The quantitative estimate of drug-likeness (QED) is 0.483. The molecule has 0 aromatic carbocycles. The summed E-state index contributed by atoms with van der Waals surface area (Å²) in [5.74, 6) is 0.657. The van der Waals surface area contributed by atoms with Gasteiger partial charge in [0.2, 0.25) is 5.95 Å².